The Morgan fingerprint density at radius 2 is 2.25 bits per heavy atom. The van der Waals surface area contributed by atoms with Crippen LogP contribution in [-0.2, 0) is 9.59 Å². The van der Waals surface area contributed by atoms with Gasteiger partial charge in [0.25, 0.3) is 0 Å². The second-order valence-corrected chi connectivity index (χ2v) is 4.45. The molecular weight excluding hydrogens is 206 g/mol. The van der Waals surface area contributed by atoms with Gasteiger partial charge in [-0.15, -0.1) is 0 Å². The minimum absolute atomic E-state index is 0.0450. The highest BCUT2D eigenvalue weighted by Crippen LogP contribution is 2.11. The number of likely N-dealkylation sites (tertiary alicyclic amines) is 1. The van der Waals surface area contributed by atoms with Crippen molar-refractivity contribution in [2.24, 2.45) is 0 Å². The average Bonchev–Trinajstić information content (AvgIpc) is 2.23. The smallest absolute Gasteiger partial charge is 0.240 e. The zero-order valence-corrected chi connectivity index (χ0v) is 10.2. The van der Waals surface area contributed by atoms with E-state index in [-0.39, 0.29) is 30.4 Å². The van der Waals surface area contributed by atoms with E-state index in [4.69, 9.17) is 0 Å². The molecule has 1 fully saturated rings. The van der Waals surface area contributed by atoms with Crippen LogP contribution in [-0.4, -0.2) is 48.9 Å². The average molecular weight is 227 g/mol. The Balaban J connectivity index is 2.53. The van der Waals surface area contributed by atoms with Gasteiger partial charge in [0, 0.05) is 19.6 Å². The van der Waals surface area contributed by atoms with Gasteiger partial charge in [0.15, 0.2) is 0 Å². The first-order valence-corrected chi connectivity index (χ1v) is 5.80. The first-order valence-electron chi connectivity index (χ1n) is 5.80. The lowest BCUT2D eigenvalue weighted by Crippen LogP contribution is -2.54. The third-order valence-corrected chi connectivity index (χ3v) is 2.68. The Morgan fingerprint density at radius 3 is 2.81 bits per heavy atom. The summed E-state index contributed by atoms with van der Waals surface area (Å²) >= 11 is 0. The lowest BCUT2D eigenvalue weighted by atomic mass is 10.0. The number of rotatable bonds is 4. The molecule has 1 aliphatic heterocycles. The van der Waals surface area contributed by atoms with Crippen molar-refractivity contribution in [1.82, 2.24) is 15.5 Å². The van der Waals surface area contributed by atoms with E-state index in [2.05, 4.69) is 10.6 Å². The zero-order valence-electron chi connectivity index (χ0n) is 10.2. The van der Waals surface area contributed by atoms with Crippen molar-refractivity contribution >= 4 is 11.8 Å². The van der Waals surface area contributed by atoms with E-state index < -0.39 is 0 Å². The van der Waals surface area contributed by atoms with Crippen LogP contribution in [0, 0.1) is 0 Å². The Bertz CT molecular complexity index is 266. The summed E-state index contributed by atoms with van der Waals surface area (Å²) in [4.78, 5) is 24.9. The third kappa shape index (κ3) is 3.48. The number of likely N-dealkylation sites (N-methyl/N-ethyl adjacent to an activating group) is 1. The Kier molecular flexibility index (Phi) is 4.73. The second-order valence-electron chi connectivity index (χ2n) is 4.45. The molecule has 1 saturated heterocycles. The summed E-state index contributed by atoms with van der Waals surface area (Å²) in [5.41, 5.74) is 0. The molecule has 1 unspecified atom stereocenters. The molecule has 1 rings (SSSR count). The predicted molar refractivity (Wildman–Crippen MR) is 61.9 cm³/mol. The minimum Gasteiger partial charge on any atom is -0.358 e. The second kappa shape index (κ2) is 5.84. The molecule has 92 valence electrons. The molecule has 0 aromatic heterocycles. The van der Waals surface area contributed by atoms with Gasteiger partial charge in [0.2, 0.25) is 11.8 Å². The number of piperidine rings is 1. The Hall–Kier alpha value is -1.10. The van der Waals surface area contributed by atoms with Gasteiger partial charge in [-0.05, 0) is 12.8 Å². The van der Waals surface area contributed by atoms with Gasteiger partial charge >= 0.3 is 0 Å². The highest BCUT2D eigenvalue weighted by atomic mass is 16.2. The highest BCUT2D eigenvalue weighted by Gasteiger charge is 2.29. The monoisotopic (exact) mass is 227 g/mol. The summed E-state index contributed by atoms with van der Waals surface area (Å²) in [6.07, 6.45) is 1.81. The van der Waals surface area contributed by atoms with Gasteiger partial charge in [-0.3, -0.25) is 9.59 Å². The molecule has 0 bridgehead atoms. The topological polar surface area (TPSA) is 61.4 Å². The highest BCUT2D eigenvalue weighted by molar-refractivity contribution is 5.87. The fourth-order valence-corrected chi connectivity index (χ4v) is 1.91. The predicted octanol–water partition coefficient (Wildman–Crippen LogP) is -0.279. The van der Waals surface area contributed by atoms with Crippen LogP contribution in [0.2, 0.25) is 0 Å². The van der Waals surface area contributed by atoms with Crippen LogP contribution in [0.25, 0.3) is 0 Å². The zero-order chi connectivity index (χ0) is 12.1. The summed E-state index contributed by atoms with van der Waals surface area (Å²) in [6.45, 7) is 4.89. The first-order chi connectivity index (χ1) is 7.54. The van der Waals surface area contributed by atoms with Crippen LogP contribution >= 0.6 is 0 Å². The molecule has 1 aliphatic rings. The summed E-state index contributed by atoms with van der Waals surface area (Å²) in [7, 11) is 1.58. The van der Waals surface area contributed by atoms with Crippen molar-refractivity contribution < 1.29 is 9.59 Å². The molecule has 5 nitrogen and oxygen atoms in total. The molecule has 1 heterocycles. The number of amides is 2. The van der Waals surface area contributed by atoms with Crippen molar-refractivity contribution in [3.63, 3.8) is 0 Å². The molecule has 2 amide bonds. The largest absolute Gasteiger partial charge is 0.358 e. The first kappa shape index (κ1) is 13.0. The number of hydrogen-bond acceptors (Lipinski definition) is 3. The molecule has 16 heavy (non-hydrogen) atoms. The molecule has 1 atom stereocenters. The van der Waals surface area contributed by atoms with Gasteiger partial charge in [0.05, 0.1) is 12.6 Å². The SMILES string of the molecule is CNC(=O)CN1CCCC(NC(C)C)C1=O. The molecule has 5 heteroatoms. The number of hydrogen-bond donors (Lipinski definition) is 2. The normalized spacial score (nSPS) is 21.4. The third-order valence-electron chi connectivity index (χ3n) is 2.68. The van der Waals surface area contributed by atoms with Crippen molar-refractivity contribution in [2.75, 3.05) is 20.1 Å². The molecule has 0 aromatic carbocycles. The van der Waals surface area contributed by atoms with E-state index in [0.717, 1.165) is 12.8 Å². The summed E-state index contributed by atoms with van der Waals surface area (Å²) in [5.74, 6) is -0.0675. The van der Waals surface area contributed by atoms with Crippen LogP contribution < -0.4 is 10.6 Å². The Labute approximate surface area is 96.6 Å². The summed E-state index contributed by atoms with van der Waals surface area (Å²) < 4.78 is 0. The Morgan fingerprint density at radius 1 is 1.56 bits per heavy atom. The fraction of sp³-hybridized carbons (Fsp3) is 0.818. The lowest BCUT2D eigenvalue weighted by molar-refractivity contribution is -0.140. The van der Waals surface area contributed by atoms with E-state index in [9.17, 15) is 9.59 Å². The van der Waals surface area contributed by atoms with Crippen LogP contribution in [0.3, 0.4) is 0 Å². The van der Waals surface area contributed by atoms with E-state index in [1.165, 1.54) is 0 Å². The van der Waals surface area contributed by atoms with E-state index in [1.54, 1.807) is 11.9 Å². The van der Waals surface area contributed by atoms with E-state index >= 15 is 0 Å². The lowest BCUT2D eigenvalue weighted by Gasteiger charge is -2.33. The summed E-state index contributed by atoms with van der Waals surface area (Å²) in [6, 6.07) is 0.160. The van der Waals surface area contributed by atoms with Crippen LogP contribution in [0.5, 0.6) is 0 Å². The van der Waals surface area contributed by atoms with Crippen molar-refractivity contribution in [3.05, 3.63) is 0 Å². The van der Waals surface area contributed by atoms with Crippen molar-refractivity contribution in [2.45, 2.75) is 38.8 Å². The standard InChI is InChI=1S/C11H21N3O2/c1-8(2)13-9-5-4-6-14(11(9)16)7-10(15)12-3/h8-9,13H,4-7H2,1-3H3,(H,12,15). The van der Waals surface area contributed by atoms with Gasteiger partial charge in [0.1, 0.15) is 0 Å². The molecule has 2 N–H and O–H groups in total. The molecule has 0 aromatic rings. The summed E-state index contributed by atoms with van der Waals surface area (Å²) in [5, 5.41) is 5.76. The van der Waals surface area contributed by atoms with E-state index in [0.29, 0.717) is 6.54 Å². The number of carbonyl (C=O) groups excluding carboxylic acids is 2. The molecule has 0 radical (unpaired) electrons. The van der Waals surface area contributed by atoms with Gasteiger partial charge in [-0.25, -0.2) is 0 Å². The van der Waals surface area contributed by atoms with Crippen molar-refractivity contribution in [1.29, 1.82) is 0 Å². The van der Waals surface area contributed by atoms with Gasteiger partial charge in [-0.2, -0.15) is 0 Å². The number of nitrogens with one attached hydrogen (secondary N) is 2. The van der Waals surface area contributed by atoms with E-state index in [1.807, 2.05) is 13.8 Å². The van der Waals surface area contributed by atoms with Crippen LogP contribution in [0.1, 0.15) is 26.7 Å². The fourth-order valence-electron chi connectivity index (χ4n) is 1.91. The van der Waals surface area contributed by atoms with Crippen molar-refractivity contribution in [3.8, 4) is 0 Å². The minimum atomic E-state index is -0.126. The molecular formula is C11H21N3O2. The van der Waals surface area contributed by atoms with Gasteiger partial charge in [-0.1, -0.05) is 13.8 Å². The maximum absolute atomic E-state index is 12.0. The van der Waals surface area contributed by atoms with Gasteiger partial charge < -0.3 is 15.5 Å². The molecule has 0 saturated carbocycles. The molecule has 0 spiro atoms. The van der Waals surface area contributed by atoms with Crippen LogP contribution in [0.4, 0.5) is 0 Å². The molecule has 0 aliphatic carbocycles. The number of nitrogens with zero attached hydrogens (tertiary/aromatic N) is 1. The maximum Gasteiger partial charge on any atom is 0.240 e. The number of carbonyl (C=O) groups is 2. The maximum atomic E-state index is 12.0. The van der Waals surface area contributed by atoms with Crippen LogP contribution in [0.15, 0.2) is 0 Å². The quantitative estimate of drug-likeness (QED) is 0.694.